The van der Waals surface area contributed by atoms with E-state index in [1.165, 1.54) is 0 Å². The Hall–Kier alpha value is -4.23. The first kappa shape index (κ1) is 26.0. The van der Waals surface area contributed by atoms with E-state index in [9.17, 15) is 9.59 Å². The zero-order chi connectivity index (χ0) is 27.6. The van der Waals surface area contributed by atoms with Crippen LogP contribution in [0.3, 0.4) is 0 Å². The van der Waals surface area contributed by atoms with Gasteiger partial charge in [0, 0.05) is 54.0 Å². The van der Waals surface area contributed by atoms with Gasteiger partial charge in [0.2, 0.25) is 0 Å². The SMILES string of the molecule is C=C1c2ccc(-c3cc(C(=O)NC4CC4)ccc3C)cc2C(C(=O)NC2CCNCC2)=CN1Cc1ccncc1. The second kappa shape index (κ2) is 11.1. The highest BCUT2D eigenvalue weighted by Crippen LogP contribution is 2.38. The van der Waals surface area contributed by atoms with E-state index in [1.54, 1.807) is 12.4 Å². The summed E-state index contributed by atoms with van der Waals surface area (Å²) in [5.74, 6) is -0.115. The molecule has 2 aromatic carbocycles. The minimum absolute atomic E-state index is 0.0382. The maximum atomic E-state index is 13.8. The molecule has 1 aliphatic carbocycles. The van der Waals surface area contributed by atoms with Gasteiger partial charge in [-0.3, -0.25) is 14.6 Å². The zero-order valence-corrected chi connectivity index (χ0v) is 22.9. The Bertz CT molecular complexity index is 1490. The van der Waals surface area contributed by atoms with Gasteiger partial charge in [-0.1, -0.05) is 24.8 Å². The molecule has 0 radical (unpaired) electrons. The lowest BCUT2D eigenvalue weighted by Gasteiger charge is -2.32. The van der Waals surface area contributed by atoms with E-state index in [-0.39, 0.29) is 17.9 Å². The first-order chi connectivity index (χ1) is 19.5. The third-order valence-electron chi connectivity index (χ3n) is 8.00. The van der Waals surface area contributed by atoms with Gasteiger partial charge in [-0.15, -0.1) is 0 Å². The van der Waals surface area contributed by atoms with Gasteiger partial charge in [-0.05, 0) is 104 Å². The number of hydrogen-bond donors (Lipinski definition) is 3. The van der Waals surface area contributed by atoms with Crippen molar-refractivity contribution in [1.82, 2.24) is 25.8 Å². The van der Waals surface area contributed by atoms with Gasteiger partial charge in [0.1, 0.15) is 0 Å². The molecule has 0 spiro atoms. The molecule has 3 N–H and O–H groups in total. The predicted molar refractivity (Wildman–Crippen MR) is 158 cm³/mol. The molecule has 7 heteroatoms. The van der Waals surface area contributed by atoms with E-state index in [4.69, 9.17) is 0 Å². The number of aryl methyl sites for hydroxylation is 1. The summed E-state index contributed by atoms with van der Waals surface area (Å²) in [5, 5.41) is 9.73. The number of rotatable bonds is 7. The molecule has 0 bridgehead atoms. The van der Waals surface area contributed by atoms with E-state index >= 15 is 0 Å². The van der Waals surface area contributed by atoms with Crippen molar-refractivity contribution in [3.63, 3.8) is 0 Å². The number of carbonyl (C=O) groups excluding carboxylic acids is 2. The Balaban J connectivity index is 1.36. The molecule has 2 aliphatic heterocycles. The van der Waals surface area contributed by atoms with Crippen LogP contribution in [0.15, 0.2) is 73.7 Å². The molecule has 1 aromatic heterocycles. The average molecular weight is 534 g/mol. The number of nitrogens with one attached hydrogen (secondary N) is 3. The van der Waals surface area contributed by atoms with Crippen LogP contribution < -0.4 is 16.0 Å². The summed E-state index contributed by atoms with van der Waals surface area (Å²) in [7, 11) is 0. The van der Waals surface area contributed by atoms with Gasteiger partial charge in [0.25, 0.3) is 11.8 Å². The number of amides is 2. The highest BCUT2D eigenvalue weighted by molar-refractivity contribution is 6.21. The van der Waals surface area contributed by atoms with Crippen LogP contribution in [0.2, 0.25) is 0 Å². The summed E-state index contributed by atoms with van der Waals surface area (Å²) in [5.41, 5.74) is 8.00. The van der Waals surface area contributed by atoms with Crippen LogP contribution in [-0.4, -0.2) is 46.9 Å². The highest BCUT2D eigenvalue weighted by atomic mass is 16.2. The summed E-state index contributed by atoms with van der Waals surface area (Å²) in [6.45, 7) is 8.85. The molecule has 1 saturated carbocycles. The lowest BCUT2D eigenvalue weighted by atomic mass is 9.88. The molecule has 0 atom stereocenters. The lowest BCUT2D eigenvalue weighted by Crippen LogP contribution is -2.43. The molecule has 204 valence electrons. The van der Waals surface area contributed by atoms with Crippen molar-refractivity contribution in [2.24, 2.45) is 0 Å². The average Bonchev–Trinajstić information content (AvgIpc) is 3.79. The van der Waals surface area contributed by atoms with E-state index in [0.717, 1.165) is 77.9 Å². The summed E-state index contributed by atoms with van der Waals surface area (Å²) in [6.07, 6.45) is 9.40. The van der Waals surface area contributed by atoms with Crippen LogP contribution in [0, 0.1) is 6.92 Å². The fourth-order valence-electron chi connectivity index (χ4n) is 5.45. The molecule has 40 heavy (non-hydrogen) atoms. The maximum Gasteiger partial charge on any atom is 0.253 e. The number of hydrogen-bond acceptors (Lipinski definition) is 5. The summed E-state index contributed by atoms with van der Waals surface area (Å²) < 4.78 is 0. The maximum absolute atomic E-state index is 13.8. The second-order valence-corrected chi connectivity index (χ2v) is 11.0. The minimum atomic E-state index is -0.0770. The quantitative estimate of drug-likeness (QED) is 0.412. The van der Waals surface area contributed by atoms with Crippen molar-refractivity contribution in [2.45, 2.75) is 51.2 Å². The van der Waals surface area contributed by atoms with Gasteiger partial charge < -0.3 is 20.9 Å². The predicted octanol–water partition coefficient (Wildman–Crippen LogP) is 4.64. The lowest BCUT2D eigenvalue weighted by molar-refractivity contribution is -0.116. The van der Waals surface area contributed by atoms with Crippen molar-refractivity contribution in [3.8, 4) is 11.1 Å². The number of benzene rings is 2. The normalized spacial score (nSPS) is 17.2. The zero-order valence-electron chi connectivity index (χ0n) is 22.9. The summed E-state index contributed by atoms with van der Waals surface area (Å²) >= 11 is 0. The van der Waals surface area contributed by atoms with E-state index in [1.807, 2.05) is 54.4 Å². The largest absolute Gasteiger partial charge is 0.349 e. The van der Waals surface area contributed by atoms with Crippen molar-refractivity contribution < 1.29 is 9.59 Å². The van der Waals surface area contributed by atoms with Crippen LogP contribution >= 0.6 is 0 Å². The second-order valence-electron chi connectivity index (χ2n) is 11.0. The fourth-order valence-corrected chi connectivity index (χ4v) is 5.45. The Kier molecular flexibility index (Phi) is 7.22. The molecule has 2 fully saturated rings. The number of carbonyl (C=O) groups is 2. The molecular weight excluding hydrogens is 498 g/mol. The number of pyridine rings is 1. The van der Waals surface area contributed by atoms with Crippen LogP contribution in [0.25, 0.3) is 22.4 Å². The topological polar surface area (TPSA) is 86.4 Å². The highest BCUT2D eigenvalue weighted by Gasteiger charge is 2.28. The fraction of sp³-hybridized carbons (Fsp3) is 0.303. The van der Waals surface area contributed by atoms with Crippen LogP contribution in [-0.2, 0) is 11.3 Å². The molecule has 3 heterocycles. The van der Waals surface area contributed by atoms with Gasteiger partial charge in [-0.25, -0.2) is 0 Å². The Morgan fingerprint density at radius 2 is 1.62 bits per heavy atom. The summed E-state index contributed by atoms with van der Waals surface area (Å²) in [4.78, 5) is 32.7. The number of nitrogens with zero attached hydrogens (tertiary/aromatic N) is 2. The Morgan fingerprint density at radius 3 is 2.38 bits per heavy atom. The first-order valence-corrected chi connectivity index (χ1v) is 14.1. The molecule has 0 unspecified atom stereocenters. The van der Waals surface area contributed by atoms with E-state index in [2.05, 4.69) is 39.6 Å². The monoisotopic (exact) mass is 533 g/mol. The van der Waals surface area contributed by atoms with E-state index < -0.39 is 0 Å². The van der Waals surface area contributed by atoms with Crippen LogP contribution in [0.1, 0.15) is 58.3 Å². The molecule has 3 aliphatic rings. The van der Waals surface area contributed by atoms with Crippen molar-refractivity contribution in [2.75, 3.05) is 13.1 Å². The Morgan fingerprint density at radius 1 is 0.900 bits per heavy atom. The molecule has 2 amide bonds. The van der Waals surface area contributed by atoms with Gasteiger partial charge >= 0.3 is 0 Å². The standard InChI is InChI=1S/C33H35N5O2/c1-21-3-4-25(32(39)36-26-6-7-26)18-29(21)24-5-8-28-22(2)38(19-23-9-13-34-14-10-23)20-31(30(28)17-24)33(40)37-27-11-15-35-16-12-27/h3-5,8-10,13-14,17-18,20,26-27,35H,2,6-7,11-12,15-16,19H2,1H3,(H,36,39)(H,37,40). The number of piperidine rings is 1. The third-order valence-corrected chi connectivity index (χ3v) is 8.00. The molecule has 6 rings (SSSR count). The van der Waals surface area contributed by atoms with E-state index in [0.29, 0.717) is 23.7 Å². The minimum Gasteiger partial charge on any atom is -0.349 e. The first-order valence-electron chi connectivity index (χ1n) is 14.1. The molecule has 3 aromatic rings. The summed E-state index contributed by atoms with van der Waals surface area (Å²) in [6, 6.07) is 16.4. The van der Waals surface area contributed by atoms with Crippen LogP contribution in [0.4, 0.5) is 0 Å². The van der Waals surface area contributed by atoms with Gasteiger partial charge in [-0.2, -0.15) is 0 Å². The Labute approximate surface area is 235 Å². The van der Waals surface area contributed by atoms with Gasteiger partial charge in [0.15, 0.2) is 0 Å². The number of aromatic nitrogens is 1. The third kappa shape index (κ3) is 5.56. The molecule has 7 nitrogen and oxygen atoms in total. The van der Waals surface area contributed by atoms with Crippen molar-refractivity contribution in [1.29, 1.82) is 0 Å². The number of fused-ring (bicyclic) bond motifs is 1. The molecular formula is C33H35N5O2. The van der Waals surface area contributed by atoms with Crippen molar-refractivity contribution in [3.05, 3.63) is 102 Å². The van der Waals surface area contributed by atoms with Crippen molar-refractivity contribution >= 4 is 23.1 Å². The van der Waals surface area contributed by atoms with Gasteiger partial charge in [0.05, 0.1) is 5.57 Å². The van der Waals surface area contributed by atoms with Crippen LogP contribution in [0.5, 0.6) is 0 Å². The molecule has 1 saturated heterocycles. The smallest absolute Gasteiger partial charge is 0.253 e.